The molecule has 1 amide bonds. The third kappa shape index (κ3) is 5.14. The van der Waals surface area contributed by atoms with Crippen LogP contribution in [0.3, 0.4) is 0 Å². The number of benzene rings is 2. The molecule has 0 heterocycles. The van der Waals surface area contributed by atoms with Gasteiger partial charge in [0.05, 0.1) is 26.5 Å². The second kappa shape index (κ2) is 7.92. The first-order chi connectivity index (χ1) is 11.8. The predicted molar refractivity (Wildman–Crippen MR) is 98.4 cm³/mol. The van der Waals surface area contributed by atoms with Crippen molar-refractivity contribution in [3.63, 3.8) is 0 Å². The van der Waals surface area contributed by atoms with Crippen LogP contribution in [0, 0.1) is 0 Å². The molecule has 0 aliphatic carbocycles. The lowest BCUT2D eigenvalue weighted by Gasteiger charge is -2.28. The predicted octanol–water partition coefficient (Wildman–Crippen LogP) is 4.65. The Hall–Kier alpha value is -2.69. The van der Waals surface area contributed by atoms with Crippen molar-refractivity contribution in [2.45, 2.75) is 32.9 Å². The Kier molecular flexibility index (Phi) is 5.91. The molecule has 0 fully saturated rings. The number of carbonyl (C=O) groups is 1. The third-order valence-corrected chi connectivity index (χ3v) is 3.47. The van der Waals surface area contributed by atoms with Crippen LogP contribution in [0.2, 0.25) is 0 Å². The molecule has 0 atom stereocenters. The van der Waals surface area contributed by atoms with E-state index in [4.69, 9.17) is 14.2 Å². The van der Waals surface area contributed by atoms with E-state index in [2.05, 4.69) is 0 Å². The fourth-order valence-corrected chi connectivity index (χ4v) is 2.34. The summed E-state index contributed by atoms with van der Waals surface area (Å²) in [5.41, 5.74) is 0.983. The van der Waals surface area contributed by atoms with Crippen molar-refractivity contribution in [1.82, 2.24) is 0 Å². The summed E-state index contributed by atoms with van der Waals surface area (Å²) in [4.78, 5) is 14.4. The zero-order valence-corrected chi connectivity index (χ0v) is 15.4. The number of hydrogen-bond acceptors (Lipinski definition) is 4. The summed E-state index contributed by atoms with van der Waals surface area (Å²) in [5, 5.41) is 0. The van der Waals surface area contributed by atoms with E-state index in [0.717, 1.165) is 5.56 Å². The average Bonchev–Trinajstić information content (AvgIpc) is 2.58. The van der Waals surface area contributed by atoms with Crippen LogP contribution in [0.25, 0.3) is 0 Å². The van der Waals surface area contributed by atoms with Gasteiger partial charge < -0.3 is 14.2 Å². The van der Waals surface area contributed by atoms with Crippen LogP contribution in [-0.4, -0.2) is 25.9 Å². The van der Waals surface area contributed by atoms with Crippen LogP contribution in [0.4, 0.5) is 10.5 Å². The van der Waals surface area contributed by atoms with Crippen molar-refractivity contribution in [3.8, 4) is 11.5 Å². The molecule has 5 heteroatoms. The number of nitrogens with zero attached hydrogens (tertiary/aromatic N) is 1. The van der Waals surface area contributed by atoms with Crippen LogP contribution >= 0.6 is 0 Å². The fourth-order valence-electron chi connectivity index (χ4n) is 2.34. The summed E-state index contributed by atoms with van der Waals surface area (Å²) in [7, 11) is 3.15. The molecule has 0 N–H and O–H groups in total. The summed E-state index contributed by atoms with van der Waals surface area (Å²) in [6.45, 7) is 5.89. The molecule has 5 nitrogen and oxygen atoms in total. The number of carbonyl (C=O) groups excluding carboxylic acids is 1. The normalized spacial score (nSPS) is 10.9. The van der Waals surface area contributed by atoms with Gasteiger partial charge in [-0.15, -0.1) is 0 Å². The second-order valence-electron chi connectivity index (χ2n) is 6.59. The summed E-state index contributed by atoms with van der Waals surface area (Å²) in [6.07, 6.45) is -0.442. The smallest absolute Gasteiger partial charge is 0.415 e. The lowest BCUT2D eigenvalue weighted by atomic mass is 10.2. The van der Waals surface area contributed by atoms with Crippen molar-refractivity contribution in [1.29, 1.82) is 0 Å². The highest BCUT2D eigenvalue weighted by atomic mass is 16.6. The minimum absolute atomic E-state index is 0.360. The molecule has 0 aromatic heterocycles. The minimum Gasteiger partial charge on any atom is -0.497 e. The maximum atomic E-state index is 12.8. The van der Waals surface area contributed by atoms with Crippen molar-refractivity contribution >= 4 is 11.8 Å². The van der Waals surface area contributed by atoms with E-state index < -0.39 is 11.7 Å². The first-order valence-corrected chi connectivity index (χ1v) is 8.10. The van der Waals surface area contributed by atoms with Gasteiger partial charge in [0.25, 0.3) is 0 Å². The van der Waals surface area contributed by atoms with Crippen molar-refractivity contribution in [3.05, 3.63) is 54.1 Å². The molecule has 0 spiro atoms. The van der Waals surface area contributed by atoms with Gasteiger partial charge in [-0.1, -0.05) is 30.3 Å². The largest absolute Gasteiger partial charge is 0.497 e. The topological polar surface area (TPSA) is 48.0 Å². The molecule has 0 saturated carbocycles. The number of methoxy groups -OCH3 is 2. The molecule has 2 rings (SSSR count). The highest BCUT2D eigenvalue weighted by molar-refractivity contribution is 5.90. The Balaban J connectivity index is 2.45. The minimum atomic E-state index is -0.599. The number of ether oxygens (including phenoxy) is 3. The molecule has 0 bridgehead atoms. The Morgan fingerprint density at radius 3 is 2.24 bits per heavy atom. The van der Waals surface area contributed by atoms with Crippen LogP contribution in [-0.2, 0) is 11.3 Å². The van der Waals surface area contributed by atoms with E-state index in [1.165, 1.54) is 0 Å². The lowest BCUT2D eigenvalue weighted by molar-refractivity contribution is 0.0576. The van der Waals surface area contributed by atoms with Crippen LogP contribution < -0.4 is 14.4 Å². The molecule has 2 aromatic carbocycles. The van der Waals surface area contributed by atoms with Gasteiger partial charge in [-0.3, -0.25) is 4.90 Å². The van der Waals surface area contributed by atoms with E-state index >= 15 is 0 Å². The fraction of sp³-hybridized carbons (Fsp3) is 0.350. The molecule has 25 heavy (non-hydrogen) atoms. The van der Waals surface area contributed by atoms with E-state index in [1.54, 1.807) is 37.3 Å². The lowest BCUT2D eigenvalue weighted by Crippen LogP contribution is -2.36. The zero-order valence-electron chi connectivity index (χ0n) is 15.4. The number of anilines is 1. The van der Waals surface area contributed by atoms with Crippen LogP contribution in [0.5, 0.6) is 11.5 Å². The van der Waals surface area contributed by atoms with Crippen LogP contribution in [0.1, 0.15) is 26.3 Å². The maximum absolute atomic E-state index is 12.8. The molecule has 0 aliphatic heterocycles. The molecule has 134 valence electrons. The van der Waals surface area contributed by atoms with Gasteiger partial charge in [-0.05, 0) is 38.5 Å². The molecule has 0 radical (unpaired) electrons. The number of rotatable bonds is 5. The standard InChI is InChI=1S/C20H25NO4/c1-20(2,3)25-19(22)21(14-15-9-7-6-8-10-15)17-13-16(23-4)11-12-18(17)24-5/h6-13H,14H2,1-5H3. The van der Waals surface area contributed by atoms with Crippen molar-refractivity contribution < 1.29 is 19.0 Å². The highest BCUT2D eigenvalue weighted by Crippen LogP contribution is 2.34. The van der Waals surface area contributed by atoms with Crippen molar-refractivity contribution in [2.24, 2.45) is 0 Å². The summed E-state index contributed by atoms with van der Waals surface area (Å²) in [6, 6.07) is 15.1. The second-order valence-corrected chi connectivity index (χ2v) is 6.59. The quantitative estimate of drug-likeness (QED) is 0.793. The van der Waals surface area contributed by atoms with E-state index in [9.17, 15) is 4.79 Å². The highest BCUT2D eigenvalue weighted by Gasteiger charge is 2.26. The van der Waals surface area contributed by atoms with Gasteiger partial charge in [-0.25, -0.2) is 4.79 Å². The first-order valence-electron chi connectivity index (χ1n) is 8.10. The Morgan fingerprint density at radius 2 is 1.68 bits per heavy atom. The Morgan fingerprint density at radius 1 is 1.00 bits per heavy atom. The molecular formula is C20H25NO4. The molecule has 0 saturated heterocycles. The molecular weight excluding hydrogens is 318 g/mol. The van der Waals surface area contributed by atoms with E-state index in [0.29, 0.717) is 23.7 Å². The van der Waals surface area contributed by atoms with Gasteiger partial charge >= 0.3 is 6.09 Å². The maximum Gasteiger partial charge on any atom is 0.415 e. The van der Waals surface area contributed by atoms with E-state index in [-0.39, 0.29) is 0 Å². The van der Waals surface area contributed by atoms with Gasteiger partial charge in [0.1, 0.15) is 17.1 Å². The Labute approximate surface area is 149 Å². The average molecular weight is 343 g/mol. The zero-order chi connectivity index (χ0) is 18.4. The summed E-state index contributed by atoms with van der Waals surface area (Å²) >= 11 is 0. The van der Waals surface area contributed by atoms with E-state index in [1.807, 2.05) is 51.1 Å². The Bertz CT molecular complexity index is 707. The van der Waals surface area contributed by atoms with Gasteiger partial charge in [-0.2, -0.15) is 0 Å². The molecule has 0 unspecified atom stereocenters. The van der Waals surface area contributed by atoms with Gasteiger partial charge in [0, 0.05) is 6.07 Å². The molecule has 0 aliphatic rings. The van der Waals surface area contributed by atoms with Gasteiger partial charge in [0.15, 0.2) is 0 Å². The monoisotopic (exact) mass is 343 g/mol. The molecule has 2 aromatic rings. The SMILES string of the molecule is COc1ccc(OC)c(N(Cc2ccccc2)C(=O)OC(C)(C)C)c1. The number of hydrogen-bond donors (Lipinski definition) is 0. The van der Waals surface area contributed by atoms with Gasteiger partial charge in [0.2, 0.25) is 0 Å². The summed E-state index contributed by atoms with van der Waals surface area (Å²) < 4.78 is 16.3. The first kappa shape index (κ1) is 18.6. The number of amides is 1. The van der Waals surface area contributed by atoms with Crippen LogP contribution in [0.15, 0.2) is 48.5 Å². The van der Waals surface area contributed by atoms with Crippen molar-refractivity contribution in [2.75, 3.05) is 19.1 Å². The third-order valence-electron chi connectivity index (χ3n) is 3.47. The summed E-state index contributed by atoms with van der Waals surface area (Å²) in [5.74, 6) is 1.21.